The first kappa shape index (κ1) is 45.5. The average molecular weight is 829 g/mol. The van der Waals surface area contributed by atoms with E-state index in [-0.39, 0.29) is 48.9 Å². The van der Waals surface area contributed by atoms with E-state index in [1.807, 2.05) is 20.8 Å². The second-order valence-electron chi connectivity index (χ2n) is 19.1. The number of aromatic hydroxyl groups is 1. The van der Waals surface area contributed by atoms with Crippen LogP contribution in [0.5, 0.6) is 11.5 Å². The second-order valence-corrected chi connectivity index (χ2v) is 19.1. The van der Waals surface area contributed by atoms with Crippen molar-refractivity contribution in [3.63, 3.8) is 0 Å². The minimum Gasteiger partial charge on any atom is -0.504 e. The number of hydrogen-bond donors (Lipinski definition) is 12. The third-order valence-corrected chi connectivity index (χ3v) is 15.0. The molecule has 2 heterocycles. The van der Waals surface area contributed by atoms with Crippen molar-refractivity contribution in [1.82, 2.24) is 0 Å². The molecule has 0 aromatic heterocycles. The van der Waals surface area contributed by atoms with E-state index in [4.69, 9.17) is 18.9 Å². The summed E-state index contributed by atoms with van der Waals surface area (Å²) in [6.45, 7) is 10.8. The van der Waals surface area contributed by atoms with E-state index in [1.165, 1.54) is 13.0 Å². The van der Waals surface area contributed by atoms with Crippen molar-refractivity contribution in [2.45, 2.75) is 177 Å². The van der Waals surface area contributed by atoms with Crippen LogP contribution in [-0.4, -0.2) is 165 Å². The van der Waals surface area contributed by atoms with Gasteiger partial charge < -0.3 is 80.2 Å². The Kier molecular flexibility index (Phi) is 12.3. The molecule has 0 radical (unpaired) electrons. The maximum Gasteiger partial charge on any atom is 0.229 e. The lowest BCUT2D eigenvalue weighted by molar-refractivity contribution is -0.323. The normalized spacial score (nSPS) is 44.5. The van der Waals surface area contributed by atoms with Crippen LogP contribution in [0.1, 0.15) is 90.3 Å². The molecule has 4 fully saturated rings. The molecule has 1 aromatic rings. The van der Waals surface area contributed by atoms with Gasteiger partial charge in [-0.3, -0.25) is 4.79 Å². The molecule has 17 nitrogen and oxygen atoms in total. The first-order chi connectivity index (χ1) is 26.8. The number of phenols is 1. The Morgan fingerprint density at radius 2 is 1.47 bits per heavy atom. The fraction of sp³-hybridized carbons (Fsp3) is 0.829. The number of aliphatic hydroxyl groups is 11. The Morgan fingerprint density at radius 1 is 0.879 bits per heavy atom. The van der Waals surface area contributed by atoms with Crippen molar-refractivity contribution < 1.29 is 85.0 Å². The molecule has 17 heteroatoms. The second kappa shape index (κ2) is 15.7. The summed E-state index contributed by atoms with van der Waals surface area (Å²) in [5.41, 5.74) is -4.08. The smallest absolute Gasteiger partial charge is 0.229 e. The van der Waals surface area contributed by atoms with Gasteiger partial charge in [-0.15, -0.1) is 0 Å². The van der Waals surface area contributed by atoms with Gasteiger partial charge in [0.1, 0.15) is 54.6 Å². The number of hydrogen-bond acceptors (Lipinski definition) is 17. The molecule has 1 aromatic carbocycles. The number of ether oxygens (including phenoxy) is 4. The third kappa shape index (κ3) is 7.19. The van der Waals surface area contributed by atoms with Crippen LogP contribution < -0.4 is 4.74 Å². The van der Waals surface area contributed by atoms with Crippen LogP contribution in [0.2, 0.25) is 0 Å². The van der Waals surface area contributed by atoms with Crippen LogP contribution in [0.25, 0.3) is 0 Å². The standard InChI is InChI=1S/C41H64O17/c1-17-18-8-9-24-38(4)13-20(43)34(41(7,54)25(44)10-11-37(2,3)53)39(38,5)14-26(45)40(24,6)19(18)12-21(27(17)46)56-36-33(52)31(50)29(48)23(58-36)16-55-35-32(51)30(49)28(47)22(15-42)57-35/h12,20,22-25,28-36,42-44,46-54H,8-11,13-16H2,1-7H3. The summed E-state index contributed by atoms with van der Waals surface area (Å²) in [7, 11) is 0. The highest BCUT2D eigenvalue weighted by Crippen LogP contribution is 2.72. The number of fused-ring (bicyclic) bond motifs is 5. The van der Waals surface area contributed by atoms with Crippen molar-refractivity contribution in [3.8, 4) is 11.5 Å². The summed E-state index contributed by atoms with van der Waals surface area (Å²) in [6, 6.07) is 1.51. The molecule has 2 saturated heterocycles. The monoisotopic (exact) mass is 828 g/mol. The zero-order chi connectivity index (χ0) is 43.2. The lowest BCUT2D eigenvalue weighted by Crippen LogP contribution is -2.64. The summed E-state index contributed by atoms with van der Waals surface area (Å²) in [5.74, 6) is -1.93. The summed E-state index contributed by atoms with van der Waals surface area (Å²) in [4.78, 5) is 14.8. The average Bonchev–Trinajstić information content (AvgIpc) is 3.35. The molecule has 2 saturated carbocycles. The molecule has 2 aliphatic heterocycles. The number of carbonyl (C=O) groups excluding carboxylic acids is 1. The van der Waals surface area contributed by atoms with Gasteiger partial charge in [0.15, 0.2) is 17.8 Å². The zero-order valence-electron chi connectivity index (χ0n) is 34.2. The van der Waals surface area contributed by atoms with Gasteiger partial charge in [-0.25, -0.2) is 0 Å². The SMILES string of the molecule is Cc1c(O)c(OC2OC(COC3OC(CO)C(O)C(O)C3O)C(O)C(O)C2O)cc2c1CCC1C2(C)C(=O)CC2(C)C(C(C)(O)C(O)CCC(C)(C)O)C(O)CC12C. The van der Waals surface area contributed by atoms with Crippen LogP contribution in [0.3, 0.4) is 0 Å². The number of aliphatic hydroxyl groups excluding tert-OH is 9. The lowest BCUT2D eigenvalue weighted by Gasteiger charge is -2.62. The minimum atomic E-state index is -1.85. The van der Waals surface area contributed by atoms with Gasteiger partial charge in [-0.1, -0.05) is 13.8 Å². The van der Waals surface area contributed by atoms with Gasteiger partial charge in [-0.2, -0.15) is 0 Å². The van der Waals surface area contributed by atoms with Crippen LogP contribution in [0.4, 0.5) is 0 Å². The number of rotatable bonds is 11. The minimum absolute atomic E-state index is 0.0488. The fourth-order valence-corrected chi connectivity index (χ4v) is 11.4. The largest absolute Gasteiger partial charge is 0.504 e. The van der Waals surface area contributed by atoms with Crippen LogP contribution >= 0.6 is 0 Å². The van der Waals surface area contributed by atoms with E-state index >= 15 is 0 Å². The molecule has 58 heavy (non-hydrogen) atoms. The first-order valence-corrected chi connectivity index (χ1v) is 20.2. The summed E-state index contributed by atoms with van der Waals surface area (Å²) >= 11 is 0. The lowest BCUT2D eigenvalue weighted by atomic mass is 9.41. The van der Waals surface area contributed by atoms with Gasteiger partial charge in [0.05, 0.1) is 42.0 Å². The van der Waals surface area contributed by atoms with Crippen molar-refractivity contribution >= 4 is 5.78 Å². The van der Waals surface area contributed by atoms with E-state index in [2.05, 4.69) is 0 Å². The number of phenolic OH excluding ortho intramolecular Hbond substituents is 1. The molecule has 18 unspecified atom stereocenters. The molecule has 330 valence electrons. The fourth-order valence-electron chi connectivity index (χ4n) is 11.4. The first-order valence-electron chi connectivity index (χ1n) is 20.2. The van der Waals surface area contributed by atoms with Gasteiger partial charge >= 0.3 is 0 Å². The van der Waals surface area contributed by atoms with Crippen molar-refractivity contribution in [1.29, 1.82) is 0 Å². The Morgan fingerprint density at radius 3 is 2.07 bits per heavy atom. The van der Waals surface area contributed by atoms with E-state index < -0.39 is 120 Å². The van der Waals surface area contributed by atoms with Gasteiger partial charge in [0, 0.05) is 12.3 Å². The molecular weight excluding hydrogens is 764 g/mol. The van der Waals surface area contributed by atoms with Crippen LogP contribution in [-0.2, 0) is 30.8 Å². The number of ketones is 1. The van der Waals surface area contributed by atoms with E-state index in [0.29, 0.717) is 24.0 Å². The summed E-state index contributed by atoms with van der Waals surface area (Å²) in [5, 5.41) is 130. The quantitative estimate of drug-likeness (QED) is 0.122. The molecule has 3 aliphatic carbocycles. The summed E-state index contributed by atoms with van der Waals surface area (Å²) in [6.07, 6.45) is -17.5. The van der Waals surface area contributed by atoms with Crippen molar-refractivity contribution in [2.75, 3.05) is 13.2 Å². The predicted molar refractivity (Wildman–Crippen MR) is 201 cm³/mol. The van der Waals surface area contributed by atoms with Gasteiger partial charge in [0.2, 0.25) is 6.29 Å². The highest BCUT2D eigenvalue weighted by molar-refractivity contribution is 5.93. The molecule has 5 aliphatic rings. The van der Waals surface area contributed by atoms with E-state index in [1.54, 1.807) is 20.8 Å². The van der Waals surface area contributed by atoms with Crippen molar-refractivity contribution in [3.05, 3.63) is 22.8 Å². The molecule has 6 rings (SSSR count). The third-order valence-electron chi connectivity index (χ3n) is 15.0. The Bertz CT molecular complexity index is 1680. The highest BCUT2D eigenvalue weighted by atomic mass is 16.7. The van der Waals surface area contributed by atoms with Gasteiger partial charge in [-0.05, 0) is 106 Å². The molecule has 12 N–H and O–H groups in total. The zero-order valence-corrected chi connectivity index (χ0v) is 34.2. The van der Waals surface area contributed by atoms with Crippen molar-refractivity contribution in [2.24, 2.45) is 22.7 Å². The van der Waals surface area contributed by atoms with E-state index in [9.17, 15) is 66.1 Å². The Labute approximate surface area is 337 Å². The highest BCUT2D eigenvalue weighted by Gasteiger charge is 2.73. The Hall–Kier alpha value is -2.07. The summed E-state index contributed by atoms with van der Waals surface area (Å²) < 4.78 is 22.8. The van der Waals surface area contributed by atoms with Crippen LogP contribution in [0.15, 0.2) is 6.07 Å². The molecule has 18 atom stereocenters. The molecular formula is C41H64O17. The van der Waals surface area contributed by atoms with E-state index in [0.717, 1.165) is 5.56 Å². The predicted octanol–water partition coefficient (Wildman–Crippen LogP) is -1.45. The maximum absolute atomic E-state index is 14.8. The molecule has 0 bridgehead atoms. The molecule has 0 spiro atoms. The topological polar surface area (TPSA) is 297 Å². The van der Waals surface area contributed by atoms with Crippen LogP contribution in [0, 0.1) is 29.6 Å². The van der Waals surface area contributed by atoms with Gasteiger partial charge in [0.25, 0.3) is 0 Å². The maximum atomic E-state index is 14.8. The number of carbonyl (C=O) groups is 1. The number of Topliss-reactive ketones (excluding diaryl/α,β-unsaturated/α-hetero) is 1. The molecule has 0 amide bonds. The Balaban J connectivity index is 1.27. The number of benzene rings is 1.